The molecular weight excluding hydrogens is 206 g/mol. The van der Waals surface area contributed by atoms with Gasteiger partial charge in [0.2, 0.25) is 5.91 Å². The zero-order valence-electron chi connectivity index (χ0n) is 9.77. The van der Waals surface area contributed by atoms with Gasteiger partial charge in [-0.3, -0.25) is 9.59 Å². The van der Waals surface area contributed by atoms with Crippen LogP contribution in [0.2, 0.25) is 0 Å². The number of carbonyl (C=O) groups is 2. The summed E-state index contributed by atoms with van der Waals surface area (Å²) < 4.78 is 0. The molecule has 3 atom stereocenters. The first-order valence-electron chi connectivity index (χ1n) is 5.74. The molecule has 1 amide bonds. The monoisotopic (exact) mass is 225 g/mol. The Kier molecular flexibility index (Phi) is 4.52. The smallest absolute Gasteiger partial charge is 0.307 e. The van der Waals surface area contributed by atoms with E-state index in [2.05, 4.69) is 5.32 Å². The summed E-state index contributed by atoms with van der Waals surface area (Å²) >= 11 is 0. The second kappa shape index (κ2) is 5.68. The van der Waals surface area contributed by atoms with E-state index in [1.165, 1.54) is 0 Å². The van der Waals surface area contributed by atoms with E-state index >= 15 is 0 Å². The lowest BCUT2D eigenvalue weighted by Crippen LogP contribution is -2.42. The fourth-order valence-electron chi connectivity index (χ4n) is 1.83. The number of nitrogens with one attached hydrogen (secondary N) is 1. The van der Waals surface area contributed by atoms with Crippen molar-refractivity contribution >= 4 is 11.9 Å². The third-order valence-corrected chi connectivity index (χ3v) is 3.09. The number of aliphatic carboxylic acids is 1. The molecular formula is C12H19NO3. The van der Waals surface area contributed by atoms with Gasteiger partial charge in [-0.15, -0.1) is 0 Å². The molecule has 1 aliphatic carbocycles. The van der Waals surface area contributed by atoms with Gasteiger partial charge in [-0.05, 0) is 26.2 Å². The summed E-state index contributed by atoms with van der Waals surface area (Å²) in [5, 5.41) is 11.9. The number of hydrogen-bond acceptors (Lipinski definition) is 2. The molecule has 0 aromatic heterocycles. The minimum atomic E-state index is -0.881. The molecule has 1 rings (SSSR count). The van der Waals surface area contributed by atoms with E-state index in [0.29, 0.717) is 12.8 Å². The summed E-state index contributed by atoms with van der Waals surface area (Å²) in [4.78, 5) is 22.9. The third kappa shape index (κ3) is 3.08. The van der Waals surface area contributed by atoms with E-state index in [0.717, 1.165) is 6.42 Å². The molecule has 4 nitrogen and oxygen atoms in total. The van der Waals surface area contributed by atoms with Gasteiger partial charge >= 0.3 is 5.97 Å². The number of allylic oxidation sites excluding steroid dienone is 2. The summed E-state index contributed by atoms with van der Waals surface area (Å²) in [5.74, 6) is -2.01. The van der Waals surface area contributed by atoms with Gasteiger partial charge in [0.25, 0.3) is 0 Å². The Morgan fingerprint density at radius 1 is 1.38 bits per heavy atom. The molecule has 0 bridgehead atoms. The number of rotatable bonds is 4. The van der Waals surface area contributed by atoms with Crippen molar-refractivity contribution in [1.29, 1.82) is 0 Å². The number of carboxylic acid groups (broad SMARTS) is 1. The average molecular weight is 225 g/mol. The molecule has 0 aromatic rings. The maximum absolute atomic E-state index is 11.9. The first kappa shape index (κ1) is 12.7. The zero-order chi connectivity index (χ0) is 12.1. The van der Waals surface area contributed by atoms with E-state index in [1.807, 2.05) is 26.0 Å². The Morgan fingerprint density at radius 2 is 1.94 bits per heavy atom. The Hall–Kier alpha value is -1.32. The van der Waals surface area contributed by atoms with Gasteiger partial charge < -0.3 is 10.4 Å². The zero-order valence-corrected chi connectivity index (χ0v) is 9.77. The summed E-state index contributed by atoms with van der Waals surface area (Å²) in [6.07, 6.45) is 5.56. The Labute approximate surface area is 95.7 Å². The van der Waals surface area contributed by atoms with Crippen LogP contribution in [0, 0.1) is 11.8 Å². The van der Waals surface area contributed by atoms with Crippen molar-refractivity contribution in [3.8, 4) is 0 Å². The normalized spacial score (nSPS) is 26.1. The van der Waals surface area contributed by atoms with Crippen molar-refractivity contribution in [2.45, 2.75) is 39.2 Å². The molecule has 2 N–H and O–H groups in total. The van der Waals surface area contributed by atoms with Gasteiger partial charge in [-0.1, -0.05) is 19.1 Å². The molecule has 90 valence electrons. The van der Waals surface area contributed by atoms with E-state index in [1.54, 1.807) is 0 Å². The van der Waals surface area contributed by atoms with Crippen molar-refractivity contribution in [1.82, 2.24) is 5.32 Å². The third-order valence-electron chi connectivity index (χ3n) is 3.09. The average Bonchev–Trinajstić information content (AvgIpc) is 2.28. The van der Waals surface area contributed by atoms with E-state index in [9.17, 15) is 9.59 Å². The van der Waals surface area contributed by atoms with Crippen LogP contribution in [-0.2, 0) is 9.59 Å². The van der Waals surface area contributed by atoms with Gasteiger partial charge in [0.15, 0.2) is 0 Å². The summed E-state index contributed by atoms with van der Waals surface area (Å²) in [5.41, 5.74) is 0. The molecule has 0 aliphatic heterocycles. The van der Waals surface area contributed by atoms with Crippen molar-refractivity contribution in [3.63, 3.8) is 0 Å². The van der Waals surface area contributed by atoms with Crippen LogP contribution < -0.4 is 5.32 Å². The molecule has 0 saturated carbocycles. The van der Waals surface area contributed by atoms with Gasteiger partial charge in [0.1, 0.15) is 0 Å². The molecule has 0 fully saturated rings. The fourth-order valence-corrected chi connectivity index (χ4v) is 1.83. The lowest BCUT2D eigenvalue weighted by molar-refractivity contribution is -0.147. The summed E-state index contributed by atoms with van der Waals surface area (Å²) in [6.45, 7) is 3.91. The maximum atomic E-state index is 11.9. The quantitative estimate of drug-likeness (QED) is 0.714. The Morgan fingerprint density at radius 3 is 2.44 bits per heavy atom. The largest absolute Gasteiger partial charge is 0.481 e. The van der Waals surface area contributed by atoms with E-state index < -0.39 is 17.8 Å². The van der Waals surface area contributed by atoms with Crippen LogP contribution in [0.1, 0.15) is 33.1 Å². The van der Waals surface area contributed by atoms with Crippen LogP contribution in [0.5, 0.6) is 0 Å². The van der Waals surface area contributed by atoms with Crippen molar-refractivity contribution in [3.05, 3.63) is 12.2 Å². The van der Waals surface area contributed by atoms with Crippen molar-refractivity contribution in [2.24, 2.45) is 11.8 Å². The molecule has 0 unspecified atom stereocenters. The Balaban J connectivity index is 2.65. The van der Waals surface area contributed by atoms with Crippen molar-refractivity contribution < 1.29 is 14.7 Å². The minimum absolute atomic E-state index is 0.104. The number of carbonyl (C=O) groups excluding carboxylic acids is 1. The highest BCUT2D eigenvalue weighted by Crippen LogP contribution is 2.26. The lowest BCUT2D eigenvalue weighted by atomic mass is 9.82. The predicted octanol–water partition coefficient (Wildman–Crippen LogP) is 1.57. The standard InChI is InChI=1S/C12H19NO3/c1-3-8(2)13-11(14)9-6-4-5-7-10(9)12(15)16/h4-5,8-10H,3,6-7H2,1-2H3,(H,13,14)(H,15,16)/t8-,9+,10-/m0/s1. The SMILES string of the molecule is CC[C@H](C)NC(=O)[C@@H]1CC=CC[C@@H]1C(=O)O. The molecule has 0 spiro atoms. The predicted molar refractivity (Wildman–Crippen MR) is 60.9 cm³/mol. The molecule has 0 radical (unpaired) electrons. The summed E-state index contributed by atoms with van der Waals surface area (Å²) in [7, 11) is 0. The second-order valence-corrected chi connectivity index (χ2v) is 4.31. The molecule has 1 aliphatic rings. The van der Waals surface area contributed by atoms with E-state index in [-0.39, 0.29) is 11.9 Å². The Bertz CT molecular complexity index is 299. The van der Waals surface area contributed by atoms with Crippen LogP contribution in [0.15, 0.2) is 12.2 Å². The van der Waals surface area contributed by atoms with Crippen LogP contribution in [0.4, 0.5) is 0 Å². The van der Waals surface area contributed by atoms with Gasteiger partial charge in [0, 0.05) is 6.04 Å². The molecule has 0 aromatic carbocycles. The summed E-state index contributed by atoms with van der Waals surface area (Å²) in [6, 6.07) is 0.104. The first-order chi connectivity index (χ1) is 7.56. The van der Waals surface area contributed by atoms with Gasteiger partial charge in [0.05, 0.1) is 11.8 Å². The first-order valence-corrected chi connectivity index (χ1v) is 5.74. The van der Waals surface area contributed by atoms with E-state index in [4.69, 9.17) is 5.11 Å². The van der Waals surface area contributed by atoms with Gasteiger partial charge in [-0.25, -0.2) is 0 Å². The highest BCUT2D eigenvalue weighted by molar-refractivity contribution is 5.85. The molecule has 0 saturated heterocycles. The van der Waals surface area contributed by atoms with Gasteiger partial charge in [-0.2, -0.15) is 0 Å². The lowest BCUT2D eigenvalue weighted by Gasteiger charge is -2.25. The minimum Gasteiger partial charge on any atom is -0.481 e. The number of hydrogen-bond donors (Lipinski definition) is 2. The molecule has 4 heteroatoms. The number of amides is 1. The maximum Gasteiger partial charge on any atom is 0.307 e. The fraction of sp³-hybridized carbons (Fsp3) is 0.667. The number of carboxylic acids is 1. The second-order valence-electron chi connectivity index (χ2n) is 4.31. The molecule has 16 heavy (non-hydrogen) atoms. The van der Waals surface area contributed by atoms with Crippen LogP contribution >= 0.6 is 0 Å². The van der Waals surface area contributed by atoms with Crippen LogP contribution in [0.25, 0.3) is 0 Å². The van der Waals surface area contributed by atoms with Crippen molar-refractivity contribution in [2.75, 3.05) is 0 Å². The molecule has 0 heterocycles. The van der Waals surface area contributed by atoms with Crippen LogP contribution in [-0.4, -0.2) is 23.0 Å². The highest BCUT2D eigenvalue weighted by atomic mass is 16.4. The highest BCUT2D eigenvalue weighted by Gasteiger charge is 2.34. The topological polar surface area (TPSA) is 66.4 Å². The van der Waals surface area contributed by atoms with Crippen LogP contribution in [0.3, 0.4) is 0 Å².